The number of anilines is 1. The standard InChI is InChI=1S/C9H10N2O3/c1-6(12)14-11-8-4-2-7(3-5-8)9(10)13/h2-5,11H,1H3,(H2,10,13). The zero-order valence-electron chi connectivity index (χ0n) is 7.61. The van der Waals surface area contributed by atoms with Gasteiger partial charge in [0.15, 0.2) is 0 Å². The van der Waals surface area contributed by atoms with Gasteiger partial charge in [0.2, 0.25) is 5.91 Å². The molecule has 0 heterocycles. The van der Waals surface area contributed by atoms with Crippen LogP contribution in [-0.4, -0.2) is 11.9 Å². The molecular formula is C9H10N2O3. The number of hydrogen-bond acceptors (Lipinski definition) is 4. The minimum absolute atomic E-state index is 0.401. The second kappa shape index (κ2) is 4.27. The maximum atomic E-state index is 10.7. The van der Waals surface area contributed by atoms with Crippen molar-refractivity contribution in [1.29, 1.82) is 0 Å². The van der Waals surface area contributed by atoms with Gasteiger partial charge < -0.3 is 10.6 Å². The molecule has 5 heteroatoms. The summed E-state index contributed by atoms with van der Waals surface area (Å²) < 4.78 is 0. The summed E-state index contributed by atoms with van der Waals surface area (Å²) in [5.74, 6) is -0.937. The molecule has 0 atom stereocenters. The van der Waals surface area contributed by atoms with Crippen LogP contribution in [0.4, 0.5) is 5.69 Å². The first kappa shape index (κ1) is 10.0. The molecule has 1 amide bonds. The smallest absolute Gasteiger partial charge is 0.329 e. The van der Waals surface area contributed by atoms with E-state index in [0.29, 0.717) is 11.3 Å². The normalized spacial score (nSPS) is 9.21. The summed E-state index contributed by atoms with van der Waals surface area (Å²) in [6, 6.07) is 6.24. The Balaban J connectivity index is 2.64. The van der Waals surface area contributed by atoms with Crippen LogP contribution in [0.2, 0.25) is 0 Å². The van der Waals surface area contributed by atoms with Crippen molar-refractivity contribution in [3.05, 3.63) is 29.8 Å². The Kier molecular flexibility index (Phi) is 3.06. The lowest BCUT2D eigenvalue weighted by atomic mass is 10.2. The molecule has 0 saturated carbocycles. The van der Waals surface area contributed by atoms with E-state index in [4.69, 9.17) is 5.73 Å². The molecular weight excluding hydrogens is 184 g/mol. The zero-order valence-corrected chi connectivity index (χ0v) is 7.61. The highest BCUT2D eigenvalue weighted by atomic mass is 16.7. The van der Waals surface area contributed by atoms with Crippen LogP contribution in [0.15, 0.2) is 24.3 Å². The summed E-state index contributed by atoms with van der Waals surface area (Å²) in [7, 11) is 0. The van der Waals surface area contributed by atoms with Crippen LogP contribution in [-0.2, 0) is 9.63 Å². The second-order valence-electron chi connectivity index (χ2n) is 2.64. The summed E-state index contributed by atoms with van der Waals surface area (Å²) >= 11 is 0. The molecule has 3 N–H and O–H groups in total. The lowest BCUT2D eigenvalue weighted by Crippen LogP contribution is -2.11. The molecule has 0 unspecified atom stereocenters. The van der Waals surface area contributed by atoms with Crippen molar-refractivity contribution in [3.63, 3.8) is 0 Å². The molecule has 74 valence electrons. The van der Waals surface area contributed by atoms with E-state index in [1.807, 2.05) is 0 Å². The fourth-order valence-corrected chi connectivity index (χ4v) is 0.833. The molecule has 14 heavy (non-hydrogen) atoms. The average molecular weight is 194 g/mol. The van der Waals surface area contributed by atoms with Gasteiger partial charge in [-0.1, -0.05) is 0 Å². The van der Waals surface area contributed by atoms with E-state index in [-0.39, 0.29) is 0 Å². The van der Waals surface area contributed by atoms with E-state index in [1.54, 1.807) is 12.1 Å². The summed E-state index contributed by atoms with van der Waals surface area (Å²) in [5, 5.41) is 0. The number of rotatable bonds is 3. The average Bonchev–Trinajstić information content (AvgIpc) is 2.15. The molecule has 5 nitrogen and oxygen atoms in total. The number of hydrogen-bond donors (Lipinski definition) is 2. The van der Waals surface area contributed by atoms with Gasteiger partial charge in [0.1, 0.15) is 0 Å². The molecule has 0 radical (unpaired) electrons. The number of primary amides is 1. The Bertz CT molecular complexity index is 346. The third-order valence-corrected chi connectivity index (χ3v) is 1.48. The van der Waals surface area contributed by atoms with E-state index in [2.05, 4.69) is 10.3 Å². The predicted molar refractivity (Wildman–Crippen MR) is 50.3 cm³/mol. The molecule has 1 aromatic carbocycles. The number of nitrogens with two attached hydrogens (primary N) is 1. The monoisotopic (exact) mass is 194 g/mol. The first-order valence-corrected chi connectivity index (χ1v) is 3.93. The van der Waals surface area contributed by atoms with Gasteiger partial charge in [0, 0.05) is 12.5 Å². The van der Waals surface area contributed by atoms with E-state index in [9.17, 15) is 9.59 Å². The highest BCUT2D eigenvalue weighted by Crippen LogP contribution is 2.08. The highest BCUT2D eigenvalue weighted by Gasteiger charge is 1.99. The fraction of sp³-hybridized carbons (Fsp3) is 0.111. The molecule has 0 fully saturated rings. The zero-order chi connectivity index (χ0) is 10.6. The Hall–Kier alpha value is -2.04. The predicted octanol–water partition coefficient (Wildman–Crippen LogP) is 0.675. The number of carbonyl (C=O) groups is 2. The third-order valence-electron chi connectivity index (χ3n) is 1.48. The van der Waals surface area contributed by atoms with Crippen LogP contribution in [0.5, 0.6) is 0 Å². The van der Waals surface area contributed by atoms with E-state index < -0.39 is 11.9 Å². The van der Waals surface area contributed by atoms with Crippen LogP contribution in [0.25, 0.3) is 0 Å². The molecule has 0 bridgehead atoms. The van der Waals surface area contributed by atoms with Gasteiger partial charge in [-0.15, -0.1) is 0 Å². The number of nitrogens with one attached hydrogen (secondary N) is 1. The van der Waals surface area contributed by atoms with Crippen LogP contribution >= 0.6 is 0 Å². The van der Waals surface area contributed by atoms with Crippen LogP contribution in [0.1, 0.15) is 17.3 Å². The third kappa shape index (κ3) is 2.78. The minimum atomic E-state index is -0.496. The minimum Gasteiger partial charge on any atom is -0.366 e. The van der Waals surface area contributed by atoms with Crippen LogP contribution < -0.4 is 11.2 Å². The van der Waals surface area contributed by atoms with Gasteiger partial charge in [-0.25, -0.2) is 5.48 Å². The van der Waals surface area contributed by atoms with Gasteiger partial charge in [-0.3, -0.25) is 9.59 Å². The van der Waals surface area contributed by atoms with Crippen molar-refractivity contribution < 1.29 is 14.4 Å². The molecule has 0 saturated heterocycles. The van der Waals surface area contributed by atoms with Gasteiger partial charge in [-0.05, 0) is 24.3 Å². The quantitative estimate of drug-likeness (QED) is 0.693. The molecule has 0 aliphatic rings. The molecule has 1 rings (SSSR count). The first-order valence-electron chi connectivity index (χ1n) is 3.93. The summed E-state index contributed by atoms with van der Waals surface area (Å²) in [6.07, 6.45) is 0. The lowest BCUT2D eigenvalue weighted by molar-refractivity contribution is -0.138. The van der Waals surface area contributed by atoms with E-state index >= 15 is 0 Å². The highest BCUT2D eigenvalue weighted by molar-refractivity contribution is 5.93. The SMILES string of the molecule is CC(=O)ONc1ccc(C(N)=O)cc1. The van der Waals surface area contributed by atoms with Crippen LogP contribution in [0.3, 0.4) is 0 Å². The maximum absolute atomic E-state index is 10.7. The largest absolute Gasteiger partial charge is 0.366 e. The second-order valence-corrected chi connectivity index (χ2v) is 2.64. The molecule has 0 aliphatic carbocycles. The van der Waals surface area contributed by atoms with Gasteiger partial charge in [0.25, 0.3) is 0 Å². The van der Waals surface area contributed by atoms with Crippen molar-refractivity contribution in [3.8, 4) is 0 Å². The maximum Gasteiger partial charge on any atom is 0.329 e. The van der Waals surface area contributed by atoms with Crippen molar-refractivity contribution >= 4 is 17.6 Å². The summed E-state index contributed by atoms with van der Waals surface area (Å²) in [5.41, 5.74) is 8.43. The van der Waals surface area contributed by atoms with E-state index in [0.717, 1.165) is 0 Å². The Morgan fingerprint density at radius 2 is 1.86 bits per heavy atom. The Morgan fingerprint density at radius 1 is 1.29 bits per heavy atom. The number of carbonyl (C=O) groups excluding carboxylic acids is 2. The van der Waals surface area contributed by atoms with Crippen molar-refractivity contribution in [1.82, 2.24) is 0 Å². The Labute approximate surface area is 80.8 Å². The van der Waals surface area contributed by atoms with Crippen molar-refractivity contribution in [2.75, 3.05) is 5.48 Å². The van der Waals surface area contributed by atoms with E-state index in [1.165, 1.54) is 19.1 Å². The van der Waals surface area contributed by atoms with Crippen molar-refractivity contribution in [2.45, 2.75) is 6.92 Å². The van der Waals surface area contributed by atoms with Crippen LogP contribution in [0, 0.1) is 0 Å². The van der Waals surface area contributed by atoms with Gasteiger partial charge in [-0.2, -0.15) is 0 Å². The molecule has 0 spiro atoms. The fourth-order valence-electron chi connectivity index (χ4n) is 0.833. The van der Waals surface area contributed by atoms with Gasteiger partial charge >= 0.3 is 5.97 Å². The number of benzene rings is 1. The lowest BCUT2D eigenvalue weighted by Gasteiger charge is -2.04. The Morgan fingerprint density at radius 3 is 2.29 bits per heavy atom. The molecule has 0 aliphatic heterocycles. The van der Waals surface area contributed by atoms with Crippen molar-refractivity contribution in [2.24, 2.45) is 5.73 Å². The topological polar surface area (TPSA) is 81.4 Å². The summed E-state index contributed by atoms with van der Waals surface area (Å²) in [6.45, 7) is 1.28. The molecule has 0 aromatic heterocycles. The molecule has 1 aromatic rings. The number of amides is 1. The summed E-state index contributed by atoms with van der Waals surface area (Å²) in [4.78, 5) is 25.7. The first-order chi connectivity index (χ1) is 6.59. The van der Waals surface area contributed by atoms with Gasteiger partial charge in [0.05, 0.1) is 5.69 Å².